The van der Waals surface area contributed by atoms with Gasteiger partial charge in [-0.1, -0.05) is 23.7 Å². The second-order valence-electron chi connectivity index (χ2n) is 5.70. The van der Waals surface area contributed by atoms with Crippen molar-refractivity contribution in [2.45, 2.75) is 19.9 Å². The highest BCUT2D eigenvalue weighted by Gasteiger charge is 2.14. The van der Waals surface area contributed by atoms with Gasteiger partial charge in [0.05, 0.1) is 11.3 Å². The fraction of sp³-hybridized carbons (Fsp3) is 0.158. The van der Waals surface area contributed by atoms with Crippen molar-refractivity contribution in [3.05, 3.63) is 70.5 Å². The molecule has 0 radical (unpaired) electrons. The maximum Gasteiger partial charge on any atom is 0.253 e. The third kappa shape index (κ3) is 5.72. The molecule has 0 spiro atoms. The Balaban J connectivity index is 2.17. The van der Waals surface area contributed by atoms with E-state index >= 15 is 0 Å². The fourth-order valence-electron chi connectivity index (χ4n) is 2.11. The Kier molecular flexibility index (Phi) is 6.31. The minimum atomic E-state index is -0.454. The lowest BCUT2D eigenvalue weighted by Crippen LogP contribution is -2.31. The average Bonchev–Trinajstić information content (AvgIpc) is 2.52. The van der Waals surface area contributed by atoms with Gasteiger partial charge in [0.1, 0.15) is 5.82 Å². The number of anilines is 1. The van der Waals surface area contributed by atoms with Crippen molar-refractivity contribution >= 4 is 35.2 Å². The molecule has 4 nitrogen and oxygen atoms in total. The number of carbonyl (C=O) groups excluding carboxylic acids is 2. The van der Waals surface area contributed by atoms with Crippen LogP contribution in [0.3, 0.4) is 0 Å². The Morgan fingerprint density at radius 2 is 1.92 bits per heavy atom. The van der Waals surface area contributed by atoms with Crippen molar-refractivity contribution in [3.63, 3.8) is 0 Å². The molecule has 6 heteroatoms. The summed E-state index contributed by atoms with van der Waals surface area (Å²) < 4.78 is 13.1. The summed E-state index contributed by atoms with van der Waals surface area (Å²) in [5.41, 5.74) is 1.17. The van der Waals surface area contributed by atoms with Crippen LogP contribution in [-0.2, 0) is 4.79 Å². The first-order valence-corrected chi connectivity index (χ1v) is 8.08. The molecule has 2 amide bonds. The van der Waals surface area contributed by atoms with Crippen LogP contribution in [0.4, 0.5) is 10.1 Å². The molecular formula is C19H18ClFN2O2. The number of nitrogens with one attached hydrogen (secondary N) is 2. The molecule has 0 aliphatic heterocycles. The lowest BCUT2D eigenvalue weighted by Gasteiger charge is -2.13. The molecule has 0 unspecified atom stereocenters. The topological polar surface area (TPSA) is 58.2 Å². The van der Waals surface area contributed by atoms with Gasteiger partial charge in [-0.25, -0.2) is 4.39 Å². The Labute approximate surface area is 150 Å². The monoisotopic (exact) mass is 360 g/mol. The molecule has 2 N–H and O–H groups in total. The van der Waals surface area contributed by atoms with Gasteiger partial charge in [-0.05, 0) is 55.8 Å². The van der Waals surface area contributed by atoms with E-state index in [0.717, 1.165) is 0 Å². The van der Waals surface area contributed by atoms with E-state index < -0.39 is 5.91 Å². The Morgan fingerprint density at radius 1 is 1.16 bits per heavy atom. The number of carbonyl (C=O) groups is 2. The summed E-state index contributed by atoms with van der Waals surface area (Å²) >= 11 is 5.96. The van der Waals surface area contributed by atoms with E-state index in [2.05, 4.69) is 10.6 Å². The normalized spacial score (nSPS) is 10.9. The predicted octanol–water partition coefficient (Wildman–Crippen LogP) is 4.27. The summed E-state index contributed by atoms with van der Waals surface area (Å²) in [5.74, 6) is -1.15. The van der Waals surface area contributed by atoms with Crippen molar-refractivity contribution in [1.82, 2.24) is 5.32 Å². The first-order valence-electron chi connectivity index (χ1n) is 7.70. The fourth-order valence-corrected chi connectivity index (χ4v) is 2.29. The molecule has 2 aromatic rings. The molecule has 0 atom stereocenters. The number of hydrogen-bond donors (Lipinski definition) is 2. The molecule has 2 aromatic carbocycles. The van der Waals surface area contributed by atoms with Crippen LogP contribution in [0.15, 0.2) is 48.5 Å². The second kappa shape index (κ2) is 8.44. The van der Waals surface area contributed by atoms with Crippen molar-refractivity contribution in [1.29, 1.82) is 0 Å². The van der Waals surface area contributed by atoms with Crippen LogP contribution < -0.4 is 10.6 Å². The Morgan fingerprint density at radius 3 is 2.60 bits per heavy atom. The largest absolute Gasteiger partial charge is 0.350 e. The van der Waals surface area contributed by atoms with Gasteiger partial charge in [0.25, 0.3) is 5.91 Å². The van der Waals surface area contributed by atoms with E-state index in [-0.39, 0.29) is 17.8 Å². The van der Waals surface area contributed by atoms with E-state index in [1.165, 1.54) is 30.4 Å². The minimum absolute atomic E-state index is 0.0420. The maximum absolute atomic E-state index is 13.1. The van der Waals surface area contributed by atoms with Crippen molar-refractivity contribution in [3.8, 4) is 0 Å². The van der Waals surface area contributed by atoms with Crippen LogP contribution in [0.2, 0.25) is 5.02 Å². The zero-order valence-corrected chi connectivity index (χ0v) is 14.6. The SMILES string of the molecule is CC(C)NC(=O)c1ccc(Cl)cc1NC(=O)C=Cc1cccc(F)c1. The molecule has 0 saturated heterocycles. The third-order valence-corrected chi connectivity index (χ3v) is 3.41. The lowest BCUT2D eigenvalue weighted by atomic mass is 10.1. The molecule has 0 fully saturated rings. The average molecular weight is 361 g/mol. The zero-order chi connectivity index (χ0) is 18.4. The minimum Gasteiger partial charge on any atom is -0.350 e. The molecule has 0 aliphatic rings. The van der Waals surface area contributed by atoms with Crippen LogP contribution in [-0.4, -0.2) is 17.9 Å². The van der Waals surface area contributed by atoms with Gasteiger partial charge in [0, 0.05) is 17.1 Å². The second-order valence-corrected chi connectivity index (χ2v) is 6.13. The van der Waals surface area contributed by atoms with Gasteiger partial charge in [-0.2, -0.15) is 0 Å². The van der Waals surface area contributed by atoms with E-state index in [1.807, 2.05) is 13.8 Å². The number of hydrogen-bond acceptors (Lipinski definition) is 2. The maximum atomic E-state index is 13.1. The molecule has 0 heterocycles. The summed E-state index contributed by atoms with van der Waals surface area (Å²) in [7, 11) is 0. The lowest BCUT2D eigenvalue weighted by molar-refractivity contribution is -0.111. The Bertz CT molecular complexity index is 819. The highest BCUT2D eigenvalue weighted by Crippen LogP contribution is 2.21. The number of benzene rings is 2. The van der Waals surface area contributed by atoms with E-state index in [0.29, 0.717) is 21.8 Å². The van der Waals surface area contributed by atoms with Crippen molar-refractivity contribution in [2.75, 3.05) is 5.32 Å². The summed E-state index contributed by atoms with van der Waals surface area (Å²) in [6.07, 6.45) is 2.75. The quantitative estimate of drug-likeness (QED) is 0.782. The molecular weight excluding hydrogens is 343 g/mol. The van der Waals surface area contributed by atoms with Crippen LogP contribution in [0.1, 0.15) is 29.8 Å². The van der Waals surface area contributed by atoms with Crippen LogP contribution in [0.25, 0.3) is 6.08 Å². The first-order chi connectivity index (χ1) is 11.8. The Hall–Kier alpha value is -2.66. The molecule has 0 bridgehead atoms. The summed E-state index contributed by atoms with van der Waals surface area (Å²) in [6, 6.07) is 10.4. The van der Waals surface area contributed by atoms with Crippen molar-refractivity contribution in [2.24, 2.45) is 0 Å². The van der Waals surface area contributed by atoms with E-state index in [1.54, 1.807) is 24.3 Å². The van der Waals surface area contributed by atoms with Gasteiger partial charge in [0.15, 0.2) is 0 Å². The zero-order valence-electron chi connectivity index (χ0n) is 13.8. The summed E-state index contributed by atoms with van der Waals surface area (Å²) in [4.78, 5) is 24.3. The number of halogens is 2. The highest BCUT2D eigenvalue weighted by atomic mass is 35.5. The van der Waals surface area contributed by atoms with Gasteiger partial charge < -0.3 is 10.6 Å². The summed E-state index contributed by atoms with van der Waals surface area (Å²) in [5, 5.41) is 5.78. The number of rotatable bonds is 5. The van der Waals surface area contributed by atoms with Gasteiger partial charge in [-0.15, -0.1) is 0 Å². The van der Waals surface area contributed by atoms with Crippen LogP contribution in [0, 0.1) is 5.82 Å². The third-order valence-electron chi connectivity index (χ3n) is 3.18. The molecule has 0 saturated carbocycles. The van der Waals surface area contributed by atoms with Crippen LogP contribution >= 0.6 is 11.6 Å². The molecule has 0 aromatic heterocycles. The molecule has 130 valence electrons. The summed E-state index contributed by atoms with van der Waals surface area (Å²) in [6.45, 7) is 3.68. The highest BCUT2D eigenvalue weighted by molar-refractivity contribution is 6.31. The van der Waals surface area contributed by atoms with Gasteiger partial charge in [0.2, 0.25) is 5.91 Å². The molecule has 0 aliphatic carbocycles. The predicted molar refractivity (Wildman–Crippen MR) is 98.1 cm³/mol. The van der Waals surface area contributed by atoms with Crippen molar-refractivity contribution < 1.29 is 14.0 Å². The number of amides is 2. The van der Waals surface area contributed by atoms with E-state index in [4.69, 9.17) is 11.6 Å². The van der Waals surface area contributed by atoms with Gasteiger partial charge >= 0.3 is 0 Å². The molecule has 2 rings (SSSR count). The van der Waals surface area contributed by atoms with Gasteiger partial charge in [-0.3, -0.25) is 9.59 Å². The standard InChI is InChI=1S/C19H18ClFN2O2/c1-12(2)22-19(25)16-8-7-14(20)11-17(16)23-18(24)9-6-13-4-3-5-15(21)10-13/h3-12H,1-2H3,(H,22,25)(H,23,24). The smallest absolute Gasteiger partial charge is 0.253 e. The van der Waals surface area contributed by atoms with Crippen LogP contribution in [0.5, 0.6) is 0 Å². The first kappa shape index (κ1) is 18.7. The molecule has 25 heavy (non-hydrogen) atoms. The van der Waals surface area contributed by atoms with E-state index in [9.17, 15) is 14.0 Å².